The third-order valence-electron chi connectivity index (χ3n) is 4.24. The monoisotopic (exact) mass is 408 g/mol. The van der Waals surface area contributed by atoms with Crippen molar-refractivity contribution in [1.82, 2.24) is 10.2 Å². The maximum Gasteiger partial charge on any atom is 0.330 e. The first-order chi connectivity index (χ1) is 12.9. The van der Waals surface area contributed by atoms with E-state index in [2.05, 4.69) is 11.9 Å². The summed E-state index contributed by atoms with van der Waals surface area (Å²) in [4.78, 5) is 38.2. The summed E-state index contributed by atoms with van der Waals surface area (Å²) >= 11 is 2.78. The number of fused-ring (bicyclic) bond motifs is 1. The SMILES string of the molecule is C=C1CS[C@H]2C(NC(=O)CSc3ccc(OCC)cc3)C(=O)N2C1C(=O)O. The standard InChI is InChI=1S/C18H20N2O5S2/c1-3-25-11-4-6-12(7-5-11)26-9-13(21)19-14-16(22)20-15(18(23)24)10(2)8-27-17(14)20/h4-7,14-15,17H,2-3,8-9H2,1H3,(H,19,21)(H,23,24)/t14?,15?,17-/m0/s1. The Morgan fingerprint density at radius 1 is 1.41 bits per heavy atom. The van der Waals surface area contributed by atoms with Gasteiger partial charge in [0.05, 0.1) is 12.4 Å². The van der Waals surface area contributed by atoms with Gasteiger partial charge in [-0.25, -0.2) is 4.79 Å². The summed E-state index contributed by atoms with van der Waals surface area (Å²) in [7, 11) is 0. The number of carbonyl (C=O) groups excluding carboxylic acids is 2. The predicted octanol–water partition coefficient (Wildman–Crippen LogP) is 1.59. The Morgan fingerprint density at radius 2 is 2.11 bits per heavy atom. The molecule has 0 radical (unpaired) electrons. The summed E-state index contributed by atoms with van der Waals surface area (Å²) in [6, 6.07) is 5.75. The molecule has 1 aromatic carbocycles. The van der Waals surface area contributed by atoms with Crippen molar-refractivity contribution >= 4 is 41.3 Å². The van der Waals surface area contributed by atoms with Crippen molar-refractivity contribution in [1.29, 1.82) is 0 Å². The lowest BCUT2D eigenvalue weighted by atomic mass is 9.99. The van der Waals surface area contributed by atoms with E-state index in [4.69, 9.17) is 4.74 Å². The van der Waals surface area contributed by atoms with Crippen molar-refractivity contribution in [2.75, 3.05) is 18.1 Å². The second kappa shape index (κ2) is 8.26. The van der Waals surface area contributed by atoms with E-state index in [1.807, 2.05) is 31.2 Å². The number of hydrogen-bond acceptors (Lipinski definition) is 6. The number of rotatable bonds is 7. The molecule has 0 bridgehead atoms. The van der Waals surface area contributed by atoms with E-state index in [-0.39, 0.29) is 22.9 Å². The molecule has 0 aromatic heterocycles. The molecule has 1 aromatic rings. The largest absolute Gasteiger partial charge is 0.494 e. The molecular weight excluding hydrogens is 388 g/mol. The predicted molar refractivity (Wildman–Crippen MR) is 104 cm³/mol. The van der Waals surface area contributed by atoms with E-state index < -0.39 is 18.1 Å². The average Bonchev–Trinajstić information content (AvgIpc) is 2.65. The fraction of sp³-hybridized carbons (Fsp3) is 0.389. The van der Waals surface area contributed by atoms with Gasteiger partial charge in [0.25, 0.3) is 0 Å². The van der Waals surface area contributed by atoms with Crippen LogP contribution in [-0.2, 0) is 14.4 Å². The van der Waals surface area contributed by atoms with Gasteiger partial charge >= 0.3 is 5.97 Å². The molecule has 27 heavy (non-hydrogen) atoms. The first-order valence-corrected chi connectivity index (χ1v) is 10.4. The molecule has 9 heteroatoms. The van der Waals surface area contributed by atoms with E-state index in [1.54, 1.807) is 0 Å². The van der Waals surface area contributed by atoms with Gasteiger partial charge in [0.2, 0.25) is 11.8 Å². The Kier molecular flexibility index (Phi) is 6.01. The average molecular weight is 409 g/mol. The van der Waals surface area contributed by atoms with Crippen molar-refractivity contribution < 1.29 is 24.2 Å². The molecular formula is C18H20N2O5S2. The van der Waals surface area contributed by atoms with E-state index in [0.717, 1.165) is 10.6 Å². The van der Waals surface area contributed by atoms with Crippen LogP contribution in [0.2, 0.25) is 0 Å². The maximum atomic E-state index is 12.3. The molecule has 7 nitrogen and oxygen atoms in total. The molecule has 3 rings (SSSR count). The number of carbonyl (C=O) groups is 3. The number of amides is 2. The van der Waals surface area contributed by atoms with Gasteiger partial charge in [-0.1, -0.05) is 6.58 Å². The lowest BCUT2D eigenvalue weighted by Gasteiger charge is -2.52. The van der Waals surface area contributed by atoms with Gasteiger partial charge in [0.1, 0.15) is 17.2 Å². The van der Waals surface area contributed by atoms with E-state index in [1.165, 1.54) is 28.4 Å². The van der Waals surface area contributed by atoms with Gasteiger partial charge in [-0.15, -0.1) is 23.5 Å². The van der Waals surface area contributed by atoms with Crippen molar-refractivity contribution in [2.24, 2.45) is 0 Å². The molecule has 2 unspecified atom stereocenters. The van der Waals surface area contributed by atoms with Crippen molar-refractivity contribution in [2.45, 2.75) is 29.3 Å². The van der Waals surface area contributed by atoms with Crippen LogP contribution in [0.4, 0.5) is 0 Å². The normalized spacial score (nSPS) is 24.0. The Balaban J connectivity index is 1.52. The molecule has 144 valence electrons. The third kappa shape index (κ3) is 4.08. The maximum absolute atomic E-state index is 12.3. The molecule has 2 fully saturated rings. The van der Waals surface area contributed by atoms with Crippen LogP contribution in [0.3, 0.4) is 0 Å². The van der Waals surface area contributed by atoms with Gasteiger partial charge < -0.3 is 20.1 Å². The van der Waals surface area contributed by atoms with Gasteiger partial charge in [0.15, 0.2) is 6.04 Å². The minimum absolute atomic E-state index is 0.171. The molecule has 2 aliphatic heterocycles. The lowest BCUT2D eigenvalue weighted by molar-refractivity contribution is -0.160. The molecule has 0 aliphatic carbocycles. The highest BCUT2D eigenvalue weighted by atomic mass is 32.2. The molecule has 2 aliphatic rings. The first kappa shape index (κ1) is 19.6. The van der Waals surface area contributed by atoms with Crippen molar-refractivity contribution in [3.63, 3.8) is 0 Å². The zero-order valence-electron chi connectivity index (χ0n) is 14.7. The Hall–Kier alpha value is -2.13. The van der Waals surface area contributed by atoms with Crippen molar-refractivity contribution in [3.8, 4) is 5.75 Å². The van der Waals surface area contributed by atoms with Crippen LogP contribution < -0.4 is 10.1 Å². The number of aliphatic carboxylic acids is 1. The lowest BCUT2D eigenvalue weighted by Crippen LogP contribution is -2.74. The summed E-state index contributed by atoms with van der Waals surface area (Å²) in [5.74, 6) is -0.322. The topological polar surface area (TPSA) is 95.9 Å². The Morgan fingerprint density at radius 3 is 2.74 bits per heavy atom. The van der Waals surface area contributed by atoms with Gasteiger partial charge in [-0.05, 0) is 36.8 Å². The van der Waals surface area contributed by atoms with Gasteiger partial charge in [0, 0.05) is 10.6 Å². The number of carboxylic acid groups (broad SMARTS) is 1. The molecule has 0 saturated carbocycles. The summed E-state index contributed by atoms with van der Waals surface area (Å²) in [6.45, 7) is 6.25. The van der Waals surface area contributed by atoms with Crippen LogP contribution in [0.5, 0.6) is 5.75 Å². The number of nitrogens with zero attached hydrogens (tertiary/aromatic N) is 1. The van der Waals surface area contributed by atoms with Crippen LogP contribution in [0.25, 0.3) is 0 Å². The van der Waals surface area contributed by atoms with Crippen LogP contribution in [0, 0.1) is 0 Å². The van der Waals surface area contributed by atoms with Crippen LogP contribution >= 0.6 is 23.5 Å². The second-order valence-corrected chi connectivity index (χ2v) is 8.24. The van der Waals surface area contributed by atoms with E-state index in [0.29, 0.717) is 17.9 Å². The number of thioether (sulfide) groups is 2. The quantitative estimate of drug-likeness (QED) is 0.402. The molecule has 2 amide bonds. The molecule has 2 N–H and O–H groups in total. The number of benzene rings is 1. The van der Waals surface area contributed by atoms with Crippen LogP contribution in [0.15, 0.2) is 41.3 Å². The van der Waals surface area contributed by atoms with E-state index >= 15 is 0 Å². The summed E-state index contributed by atoms with van der Waals surface area (Å²) < 4.78 is 5.38. The highest BCUT2D eigenvalue weighted by Crippen LogP contribution is 2.39. The third-order valence-corrected chi connectivity index (χ3v) is 6.63. The fourth-order valence-electron chi connectivity index (χ4n) is 2.99. The molecule has 0 spiro atoms. The minimum atomic E-state index is -1.09. The highest BCUT2D eigenvalue weighted by molar-refractivity contribution is 8.00. The minimum Gasteiger partial charge on any atom is -0.494 e. The number of β-lactam (4-membered cyclic amide) rings is 1. The fourth-order valence-corrected chi connectivity index (χ4v) is 5.01. The number of carboxylic acids is 1. The second-order valence-electron chi connectivity index (χ2n) is 6.08. The number of ether oxygens (including phenoxy) is 1. The van der Waals surface area contributed by atoms with Gasteiger partial charge in [-0.2, -0.15) is 0 Å². The number of hydrogen-bond donors (Lipinski definition) is 2. The van der Waals surface area contributed by atoms with Crippen LogP contribution in [0.1, 0.15) is 6.92 Å². The Labute approximate surface area is 165 Å². The zero-order chi connectivity index (χ0) is 19.6. The summed E-state index contributed by atoms with van der Waals surface area (Å²) in [6.07, 6.45) is 0. The summed E-state index contributed by atoms with van der Waals surface area (Å²) in [5, 5.41) is 11.7. The Bertz CT molecular complexity index is 768. The van der Waals surface area contributed by atoms with Crippen LogP contribution in [-0.4, -0.2) is 63.4 Å². The molecule has 2 heterocycles. The van der Waals surface area contributed by atoms with Crippen molar-refractivity contribution in [3.05, 3.63) is 36.4 Å². The molecule has 3 atom stereocenters. The number of nitrogens with one attached hydrogen (secondary N) is 1. The smallest absolute Gasteiger partial charge is 0.330 e. The zero-order valence-corrected chi connectivity index (χ0v) is 16.3. The first-order valence-electron chi connectivity index (χ1n) is 8.41. The molecule has 2 saturated heterocycles. The van der Waals surface area contributed by atoms with E-state index in [9.17, 15) is 19.5 Å². The summed E-state index contributed by atoms with van der Waals surface area (Å²) in [5.41, 5.74) is 0.493. The highest BCUT2D eigenvalue weighted by Gasteiger charge is 2.56. The van der Waals surface area contributed by atoms with Gasteiger partial charge in [-0.3, -0.25) is 9.59 Å².